The molecule has 0 atom stereocenters. The smallest absolute Gasteiger partial charge is 0.338 e. The molecule has 1 amide bonds. The van der Waals surface area contributed by atoms with Gasteiger partial charge in [0.15, 0.2) is 0 Å². The predicted octanol–water partition coefficient (Wildman–Crippen LogP) is 5.03. The number of rotatable bonds is 10. The summed E-state index contributed by atoms with van der Waals surface area (Å²) >= 11 is 0. The van der Waals surface area contributed by atoms with Crippen LogP contribution in [-0.4, -0.2) is 36.5 Å². The van der Waals surface area contributed by atoms with E-state index in [9.17, 15) is 9.59 Å². The monoisotopic (exact) mass is 361 g/mol. The van der Waals surface area contributed by atoms with Crippen LogP contribution in [0.2, 0.25) is 0 Å². The summed E-state index contributed by atoms with van der Waals surface area (Å²) < 4.78 is 5.34. The van der Waals surface area contributed by atoms with Crippen LogP contribution in [0.25, 0.3) is 0 Å². The highest BCUT2D eigenvalue weighted by Crippen LogP contribution is 2.13. The van der Waals surface area contributed by atoms with Gasteiger partial charge in [-0.1, -0.05) is 47.6 Å². The number of hydrogen-bond donors (Lipinski definition) is 0. The lowest BCUT2D eigenvalue weighted by atomic mass is 10.1. The Bertz CT molecular complexity index is 569. The standard InChI is InChI=1S/C22H35NO3/c1-16(2)9-8-12-26-22(25)20-11-7-10-19(13-20)21(24)23(14-17(3)4)15-18(5)6/h7,10-11,13,16-18H,8-9,12,14-15H2,1-6H3. The molecule has 0 aliphatic heterocycles. The van der Waals surface area contributed by atoms with Gasteiger partial charge < -0.3 is 9.64 Å². The van der Waals surface area contributed by atoms with Crippen molar-refractivity contribution in [1.29, 1.82) is 0 Å². The number of amides is 1. The first kappa shape index (κ1) is 22.2. The zero-order valence-electron chi connectivity index (χ0n) is 17.2. The molecular weight excluding hydrogens is 326 g/mol. The number of esters is 1. The van der Waals surface area contributed by atoms with E-state index in [0.717, 1.165) is 12.8 Å². The maximum Gasteiger partial charge on any atom is 0.338 e. The van der Waals surface area contributed by atoms with Gasteiger partial charge in [-0.2, -0.15) is 0 Å². The molecule has 0 N–H and O–H groups in total. The number of ether oxygens (including phenoxy) is 1. The lowest BCUT2D eigenvalue weighted by molar-refractivity contribution is 0.0494. The van der Waals surface area contributed by atoms with E-state index in [1.54, 1.807) is 24.3 Å². The van der Waals surface area contributed by atoms with Crippen molar-refractivity contribution in [1.82, 2.24) is 4.90 Å². The van der Waals surface area contributed by atoms with Crippen molar-refractivity contribution in [3.63, 3.8) is 0 Å². The second-order valence-electron chi connectivity index (χ2n) is 8.25. The van der Waals surface area contributed by atoms with E-state index in [1.807, 2.05) is 4.90 Å². The molecule has 0 saturated heterocycles. The molecule has 0 saturated carbocycles. The van der Waals surface area contributed by atoms with Crippen LogP contribution < -0.4 is 0 Å². The van der Waals surface area contributed by atoms with E-state index in [4.69, 9.17) is 4.74 Å². The highest BCUT2D eigenvalue weighted by molar-refractivity contribution is 5.98. The summed E-state index contributed by atoms with van der Waals surface area (Å²) in [7, 11) is 0. The van der Waals surface area contributed by atoms with Crippen molar-refractivity contribution in [3.8, 4) is 0 Å². The minimum absolute atomic E-state index is 0.0261. The molecule has 0 heterocycles. The fourth-order valence-corrected chi connectivity index (χ4v) is 2.82. The maximum absolute atomic E-state index is 12.9. The molecule has 0 bridgehead atoms. The molecular formula is C22H35NO3. The molecule has 1 rings (SSSR count). The fourth-order valence-electron chi connectivity index (χ4n) is 2.82. The topological polar surface area (TPSA) is 46.6 Å². The van der Waals surface area contributed by atoms with Crippen molar-refractivity contribution in [2.45, 2.75) is 54.4 Å². The fraction of sp³-hybridized carbons (Fsp3) is 0.636. The Balaban J connectivity index is 2.79. The van der Waals surface area contributed by atoms with Gasteiger partial charge in [0.2, 0.25) is 0 Å². The molecule has 146 valence electrons. The van der Waals surface area contributed by atoms with Crippen LogP contribution in [-0.2, 0) is 4.74 Å². The third-order valence-corrected chi connectivity index (χ3v) is 3.96. The van der Waals surface area contributed by atoms with Crippen LogP contribution in [0.5, 0.6) is 0 Å². The molecule has 4 heteroatoms. The summed E-state index contributed by atoms with van der Waals surface area (Å²) in [4.78, 5) is 27.0. The van der Waals surface area contributed by atoms with Gasteiger partial charge in [-0.25, -0.2) is 4.79 Å². The van der Waals surface area contributed by atoms with E-state index in [0.29, 0.717) is 48.6 Å². The summed E-state index contributed by atoms with van der Waals surface area (Å²) in [5, 5.41) is 0. The van der Waals surface area contributed by atoms with Gasteiger partial charge in [0, 0.05) is 18.7 Å². The van der Waals surface area contributed by atoms with Crippen LogP contribution in [0.3, 0.4) is 0 Å². The summed E-state index contributed by atoms with van der Waals surface area (Å²) in [5.41, 5.74) is 0.984. The number of benzene rings is 1. The normalized spacial score (nSPS) is 11.3. The molecule has 0 spiro atoms. The quantitative estimate of drug-likeness (QED) is 0.433. The van der Waals surface area contributed by atoms with Gasteiger partial charge in [0.25, 0.3) is 5.91 Å². The minimum Gasteiger partial charge on any atom is -0.462 e. The maximum atomic E-state index is 12.9. The minimum atomic E-state index is -0.359. The molecule has 0 fully saturated rings. The summed E-state index contributed by atoms with van der Waals surface area (Å²) in [6.45, 7) is 14.5. The first-order valence-electron chi connectivity index (χ1n) is 9.77. The van der Waals surface area contributed by atoms with Crippen LogP contribution in [0.15, 0.2) is 24.3 Å². The molecule has 26 heavy (non-hydrogen) atoms. The number of hydrogen-bond acceptors (Lipinski definition) is 3. The summed E-state index contributed by atoms with van der Waals surface area (Å²) in [5.74, 6) is 1.01. The second-order valence-corrected chi connectivity index (χ2v) is 8.25. The third kappa shape index (κ3) is 8.03. The molecule has 1 aromatic rings. The lowest BCUT2D eigenvalue weighted by Gasteiger charge is -2.26. The van der Waals surface area contributed by atoms with Gasteiger partial charge in [0.1, 0.15) is 0 Å². The van der Waals surface area contributed by atoms with E-state index in [2.05, 4.69) is 41.5 Å². The van der Waals surface area contributed by atoms with E-state index < -0.39 is 0 Å². The van der Waals surface area contributed by atoms with Gasteiger partial charge >= 0.3 is 5.97 Å². The van der Waals surface area contributed by atoms with Gasteiger partial charge in [-0.3, -0.25) is 4.79 Å². The van der Waals surface area contributed by atoms with Gasteiger partial charge in [-0.15, -0.1) is 0 Å². The first-order valence-corrected chi connectivity index (χ1v) is 9.77. The highest BCUT2D eigenvalue weighted by Gasteiger charge is 2.19. The molecule has 0 aliphatic rings. The SMILES string of the molecule is CC(C)CCCOC(=O)c1cccc(C(=O)N(CC(C)C)CC(C)C)c1. The van der Waals surface area contributed by atoms with Gasteiger partial charge in [0.05, 0.1) is 12.2 Å². The van der Waals surface area contributed by atoms with Crippen LogP contribution >= 0.6 is 0 Å². The average molecular weight is 362 g/mol. The Labute approximate surface area is 158 Å². The number of carbonyl (C=O) groups is 2. The zero-order valence-corrected chi connectivity index (χ0v) is 17.2. The molecule has 4 nitrogen and oxygen atoms in total. The van der Waals surface area contributed by atoms with Gasteiger partial charge in [-0.05, 0) is 48.8 Å². The molecule has 0 aliphatic carbocycles. The van der Waals surface area contributed by atoms with Crippen LogP contribution in [0, 0.1) is 17.8 Å². The largest absolute Gasteiger partial charge is 0.462 e. The lowest BCUT2D eigenvalue weighted by Crippen LogP contribution is -2.37. The Morgan fingerprint density at radius 3 is 2.04 bits per heavy atom. The number of carbonyl (C=O) groups excluding carboxylic acids is 2. The van der Waals surface area contributed by atoms with E-state index >= 15 is 0 Å². The Morgan fingerprint density at radius 1 is 0.923 bits per heavy atom. The van der Waals surface area contributed by atoms with E-state index in [-0.39, 0.29) is 11.9 Å². The Hall–Kier alpha value is -1.84. The molecule has 1 aromatic carbocycles. The second kappa shape index (κ2) is 11.0. The van der Waals surface area contributed by atoms with Crippen LogP contribution in [0.1, 0.15) is 75.1 Å². The van der Waals surface area contributed by atoms with E-state index in [1.165, 1.54) is 0 Å². The molecule has 0 radical (unpaired) electrons. The van der Waals surface area contributed by atoms with Crippen molar-refractivity contribution in [2.24, 2.45) is 17.8 Å². The Kier molecular flexibility index (Phi) is 9.39. The third-order valence-electron chi connectivity index (χ3n) is 3.96. The van der Waals surface area contributed by atoms with Crippen molar-refractivity contribution >= 4 is 11.9 Å². The zero-order chi connectivity index (χ0) is 19.7. The first-order chi connectivity index (χ1) is 12.2. The average Bonchev–Trinajstić information content (AvgIpc) is 2.56. The van der Waals surface area contributed by atoms with Crippen molar-refractivity contribution in [2.75, 3.05) is 19.7 Å². The van der Waals surface area contributed by atoms with Crippen LogP contribution in [0.4, 0.5) is 0 Å². The summed E-state index contributed by atoms with van der Waals surface area (Å²) in [6.07, 6.45) is 1.89. The Morgan fingerprint density at radius 2 is 1.50 bits per heavy atom. The van der Waals surface area contributed by atoms with Crippen molar-refractivity contribution < 1.29 is 14.3 Å². The molecule has 0 aromatic heterocycles. The number of nitrogens with zero attached hydrogens (tertiary/aromatic N) is 1. The highest BCUT2D eigenvalue weighted by atomic mass is 16.5. The predicted molar refractivity (Wildman–Crippen MR) is 106 cm³/mol. The van der Waals surface area contributed by atoms with Crippen molar-refractivity contribution in [3.05, 3.63) is 35.4 Å². The summed E-state index contributed by atoms with van der Waals surface area (Å²) in [6, 6.07) is 6.88. The molecule has 0 unspecified atom stereocenters.